The molecule has 0 aliphatic rings. The van der Waals surface area contributed by atoms with Gasteiger partial charge in [0.1, 0.15) is 0 Å². The molecule has 1 aromatic rings. The number of ether oxygens (including phenoxy) is 7. The molecule has 1 aromatic carbocycles. The van der Waals surface area contributed by atoms with Crippen molar-refractivity contribution in [1.29, 1.82) is 0 Å². The molecule has 1 rings (SSSR count). The molecule has 0 atom stereocenters. The number of rotatable bonds is 21. The van der Waals surface area contributed by atoms with Crippen LogP contribution < -0.4 is 4.74 Å². The molecule has 0 fully saturated rings. The third kappa shape index (κ3) is 13.1. The predicted molar refractivity (Wildman–Crippen MR) is 108 cm³/mol. The smallest absolute Gasteiger partial charge is 0.313 e. The van der Waals surface area contributed by atoms with Gasteiger partial charge in [-0.25, -0.2) is 13.2 Å². The molecule has 0 bridgehead atoms. The van der Waals surface area contributed by atoms with Gasteiger partial charge in [-0.1, -0.05) is 0 Å². The first-order valence-corrected chi connectivity index (χ1v) is 10.7. The van der Waals surface area contributed by atoms with Crippen LogP contribution in [-0.2, 0) is 33.2 Å². The molecular formula is C21H29F5O9. The van der Waals surface area contributed by atoms with E-state index in [1.54, 1.807) is 0 Å². The summed E-state index contributed by atoms with van der Waals surface area (Å²) in [5.41, 5.74) is 0. The van der Waals surface area contributed by atoms with E-state index in [4.69, 9.17) is 33.5 Å². The van der Waals surface area contributed by atoms with E-state index in [1.807, 2.05) is 0 Å². The summed E-state index contributed by atoms with van der Waals surface area (Å²) in [5, 5.41) is 8.52. The molecule has 202 valence electrons. The van der Waals surface area contributed by atoms with Gasteiger partial charge in [0.05, 0.1) is 92.3 Å². The van der Waals surface area contributed by atoms with Crippen LogP contribution in [0.2, 0.25) is 0 Å². The summed E-state index contributed by atoms with van der Waals surface area (Å²) in [6, 6.07) is 0. The van der Waals surface area contributed by atoms with Gasteiger partial charge in [0.2, 0.25) is 34.8 Å². The molecule has 0 unspecified atom stereocenters. The largest absolute Gasteiger partial charge is 0.420 e. The van der Waals surface area contributed by atoms with Crippen LogP contribution >= 0.6 is 0 Å². The van der Waals surface area contributed by atoms with Crippen LogP contribution in [0.25, 0.3) is 0 Å². The molecule has 0 aromatic heterocycles. The summed E-state index contributed by atoms with van der Waals surface area (Å²) in [6.07, 6.45) is -0.481. The van der Waals surface area contributed by atoms with Gasteiger partial charge in [-0.15, -0.1) is 0 Å². The highest BCUT2D eigenvalue weighted by Gasteiger charge is 2.28. The summed E-state index contributed by atoms with van der Waals surface area (Å²) in [5.74, 6) is -14.1. The second-order valence-electron chi connectivity index (χ2n) is 6.52. The Kier molecular flexibility index (Phi) is 17.1. The number of hydrogen-bond acceptors (Lipinski definition) is 9. The van der Waals surface area contributed by atoms with Crippen molar-refractivity contribution >= 4 is 5.97 Å². The fourth-order valence-corrected chi connectivity index (χ4v) is 2.26. The van der Waals surface area contributed by atoms with Gasteiger partial charge >= 0.3 is 5.97 Å². The number of hydrogen-bond donors (Lipinski definition) is 1. The highest BCUT2D eigenvalue weighted by Crippen LogP contribution is 2.29. The molecule has 9 nitrogen and oxygen atoms in total. The number of aliphatic hydroxyl groups excluding tert-OH is 1. The Morgan fingerprint density at radius 3 is 1.20 bits per heavy atom. The zero-order chi connectivity index (χ0) is 25.9. The SMILES string of the molecule is O=C(CCOCCOCCOCCOCCOCCOCCO)Oc1c(F)c(F)c(F)c(F)c1F. The molecular weight excluding hydrogens is 491 g/mol. The van der Waals surface area contributed by atoms with Crippen LogP contribution in [0.5, 0.6) is 5.75 Å². The molecule has 0 radical (unpaired) electrons. The van der Waals surface area contributed by atoms with Crippen LogP contribution in [0.4, 0.5) is 22.0 Å². The molecule has 35 heavy (non-hydrogen) atoms. The van der Waals surface area contributed by atoms with Gasteiger partial charge in [-0.05, 0) is 0 Å². The van der Waals surface area contributed by atoms with E-state index in [0.717, 1.165) is 0 Å². The van der Waals surface area contributed by atoms with Crippen LogP contribution in [0.15, 0.2) is 0 Å². The quantitative estimate of drug-likeness (QED) is 0.0649. The Bertz CT molecular complexity index is 711. The highest BCUT2D eigenvalue weighted by atomic mass is 19.2. The summed E-state index contributed by atoms with van der Waals surface area (Å²) >= 11 is 0. The standard InChI is InChI=1S/C21H29F5O9/c22-16-17(23)19(25)21(20(26)18(16)24)35-15(28)1-3-29-5-7-31-9-11-33-13-14-34-12-10-32-8-6-30-4-2-27/h27H,1-14H2. The molecule has 0 aliphatic heterocycles. The van der Waals surface area contributed by atoms with Gasteiger partial charge in [-0.2, -0.15) is 8.78 Å². The number of esters is 1. The first-order valence-electron chi connectivity index (χ1n) is 10.7. The fourth-order valence-electron chi connectivity index (χ4n) is 2.26. The Hall–Kier alpha value is -1.94. The average Bonchev–Trinajstić information content (AvgIpc) is 2.85. The predicted octanol–water partition coefficient (Wildman–Crippen LogP) is 1.77. The monoisotopic (exact) mass is 520 g/mol. The van der Waals surface area contributed by atoms with Crippen molar-refractivity contribution in [1.82, 2.24) is 0 Å². The lowest BCUT2D eigenvalue weighted by atomic mass is 10.2. The molecule has 0 saturated carbocycles. The maximum absolute atomic E-state index is 13.5. The van der Waals surface area contributed by atoms with Crippen molar-refractivity contribution in [3.05, 3.63) is 29.1 Å². The Labute approximate surface area is 198 Å². The third-order valence-electron chi connectivity index (χ3n) is 3.93. The lowest BCUT2D eigenvalue weighted by Gasteiger charge is -2.09. The van der Waals surface area contributed by atoms with Crippen LogP contribution in [0.3, 0.4) is 0 Å². The number of carbonyl (C=O) groups is 1. The number of aliphatic hydroxyl groups is 1. The zero-order valence-electron chi connectivity index (χ0n) is 19.0. The third-order valence-corrected chi connectivity index (χ3v) is 3.93. The van der Waals surface area contributed by atoms with Crippen molar-refractivity contribution in [2.24, 2.45) is 0 Å². The Morgan fingerprint density at radius 1 is 0.514 bits per heavy atom. The lowest BCUT2D eigenvalue weighted by Crippen LogP contribution is -2.16. The Morgan fingerprint density at radius 2 is 0.829 bits per heavy atom. The first kappa shape index (κ1) is 31.1. The normalized spacial score (nSPS) is 11.3. The minimum Gasteiger partial charge on any atom is -0.420 e. The van der Waals surface area contributed by atoms with E-state index in [2.05, 4.69) is 4.74 Å². The van der Waals surface area contributed by atoms with Gasteiger partial charge < -0.3 is 38.3 Å². The molecule has 14 heteroatoms. The summed E-state index contributed by atoms with van der Waals surface area (Å²) in [4.78, 5) is 11.6. The number of carbonyl (C=O) groups excluding carboxylic acids is 1. The van der Waals surface area contributed by atoms with E-state index < -0.39 is 47.2 Å². The topological polar surface area (TPSA) is 102 Å². The molecule has 0 heterocycles. The molecule has 0 amide bonds. The van der Waals surface area contributed by atoms with Gasteiger partial charge in [0.15, 0.2) is 0 Å². The molecule has 0 aliphatic carbocycles. The van der Waals surface area contributed by atoms with Crippen LogP contribution in [0, 0.1) is 29.1 Å². The van der Waals surface area contributed by atoms with Crippen LogP contribution in [0.1, 0.15) is 6.42 Å². The highest BCUT2D eigenvalue weighted by molar-refractivity contribution is 5.72. The van der Waals surface area contributed by atoms with E-state index in [1.165, 1.54) is 0 Å². The van der Waals surface area contributed by atoms with Crippen molar-refractivity contribution in [3.63, 3.8) is 0 Å². The molecule has 0 spiro atoms. The first-order chi connectivity index (χ1) is 16.9. The van der Waals surface area contributed by atoms with Crippen molar-refractivity contribution in [2.45, 2.75) is 6.42 Å². The summed E-state index contributed by atoms with van der Waals surface area (Å²) < 4.78 is 101. The van der Waals surface area contributed by atoms with Crippen molar-refractivity contribution < 1.29 is 65.0 Å². The fraction of sp³-hybridized carbons (Fsp3) is 0.667. The minimum atomic E-state index is -2.35. The molecule has 0 saturated heterocycles. The van der Waals surface area contributed by atoms with Crippen molar-refractivity contribution in [3.8, 4) is 5.75 Å². The second-order valence-corrected chi connectivity index (χ2v) is 6.52. The van der Waals surface area contributed by atoms with Crippen LogP contribution in [-0.4, -0.2) is 97.0 Å². The molecule has 1 N–H and O–H groups in total. The number of benzene rings is 1. The van der Waals surface area contributed by atoms with E-state index in [9.17, 15) is 26.7 Å². The van der Waals surface area contributed by atoms with Crippen molar-refractivity contribution in [2.75, 3.05) is 85.9 Å². The Balaban J connectivity index is 1.94. The summed E-state index contributed by atoms with van der Waals surface area (Å²) in [6.45, 7) is 3.30. The average molecular weight is 520 g/mol. The minimum absolute atomic E-state index is 0.0229. The van der Waals surface area contributed by atoms with Gasteiger partial charge in [0, 0.05) is 0 Å². The second kappa shape index (κ2) is 19.3. The van der Waals surface area contributed by atoms with E-state index in [-0.39, 0.29) is 39.6 Å². The van der Waals surface area contributed by atoms with Gasteiger partial charge in [-0.3, -0.25) is 4.79 Å². The maximum atomic E-state index is 13.5. The maximum Gasteiger partial charge on any atom is 0.313 e. The van der Waals surface area contributed by atoms with Gasteiger partial charge in [0.25, 0.3) is 0 Å². The van der Waals surface area contributed by atoms with E-state index >= 15 is 0 Å². The number of halogens is 5. The van der Waals surface area contributed by atoms with E-state index in [0.29, 0.717) is 46.2 Å². The zero-order valence-corrected chi connectivity index (χ0v) is 19.0. The lowest BCUT2D eigenvalue weighted by molar-refractivity contribution is -0.136. The summed E-state index contributed by atoms with van der Waals surface area (Å²) in [7, 11) is 0.